The molecule has 0 bridgehead atoms. The zero-order valence-corrected chi connectivity index (χ0v) is 15.6. The minimum absolute atomic E-state index is 0.520. The van der Waals surface area contributed by atoms with E-state index in [-0.39, 0.29) is 0 Å². The van der Waals surface area contributed by atoms with Crippen LogP contribution in [0, 0.1) is 5.92 Å². The number of H-pyrrole nitrogens is 1. The zero-order valence-electron chi connectivity index (χ0n) is 15.6. The Morgan fingerprint density at radius 3 is 2.93 bits per heavy atom. The molecule has 0 spiro atoms. The molecule has 4 aromatic rings. The number of nitrogen functional groups attached to an aromatic ring is 1. The number of nitrogens with zero attached hydrogens (tertiary/aromatic N) is 5. The van der Waals surface area contributed by atoms with Crippen LogP contribution in [0.2, 0.25) is 0 Å². The molecule has 1 aliphatic heterocycles. The van der Waals surface area contributed by atoms with Crippen molar-refractivity contribution in [3.05, 3.63) is 60.3 Å². The van der Waals surface area contributed by atoms with Gasteiger partial charge in [0.1, 0.15) is 5.69 Å². The van der Waals surface area contributed by atoms with Crippen molar-refractivity contribution in [2.75, 3.05) is 18.8 Å². The lowest BCUT2D eigenvalue weighted by atomic mass is 10.1. The maximum absolute atomic E-state index is 5.84. The van der Waals surface area contributed by atoms with E-state index < -0.39 is 0 Å². The SMILES string of the molecule is Nc1n[nH]c2cc(-c3cn(CC4CCN(Cc5ccccc5)C4)nn3)ccc12. The highest BCUT2D eigenvalue weighted by Crippen LogP contribution is 2.25. The molecule has 0 aliphatic carbocycles. The lowest BCUT2D eigenvalue weighted by Gasteiger charge is -2.16. The summed E-state index contributed by atoms with van der Waals surface area (Å²) in [6.07, 6.45) is 3.22. The first kappa shape index (κ1) is 16.9. The second-order valence-electron chi connectivity index (χ2n) is 7.57. The van der Waals surface area contributed by atoms with Crippen molar-refractivity contribution in [3.8, 4) is 11.3 Å². The van der Waals surface area contributed by atoms with Crippen molar-refractivity contribution in [3.63, 3.8) is 0 Å². The quantitative estimate of drug-likeness (QED) is 0.561. The molecule has 1 atom stereocenters. The fourth-order valence-corrected chi connectivity index (χ4v) is 4.03. The molecule has 1 aliphatic rings. The largest absolute Gasteiger partial charge is 0.382 e. The lowest BCUT2D eigenvalue weighted by molar-refractivity contribution is 0.305. The van der Waals surface area contributed by atoms with Crippen LogP contribution in [0.5, 0.6) is 0 Å². The van der Waals surface area contributed by atoms with Gasteiger partial charge in [-0.05, 0) is 36.6 Å². The van der Waals surface area contributed by atoms with Crippen LogP contribution in [0.4, 0.5) is 5.82 Å². The van der Waals surface area contributed by atoms with Gasteiger partial charge in [0.2, 0.25) is 0 Å². The standard InChI is InChI=1S/C21H23N7/c22-21-18-7-6-17(10-19(18)23-25-21)20-14-28(26-24-20)13-16-8-9-27(12-16)11-15-4-2-1-3-5-15/h1-7,10,14,16H,8-9,11-13H2,(H3,22,23,25). The summed E-state index contributed by atoms with van der Waals surface area (Å²) in [6.45, 7) is 4.16. The minimum atomic E-state index is 0.520. The molecule has 28 heavy (non-hydrogen) atoms. The molecule has 7 nitrogen and oxygen atoms in total. The number of fused-ring (bicyclic) bond motifs is 1. The van der Waals surface area contributed by atoms with Crippen LogP contribution in [0.1, 0.15) is 12.0 Å². The number of nitrogens with one attached hydrogen (secondary N) is 1. The summed E-state index contributed by atoms with van der Waals surface area (Å²) in [6, 6.07) is 16.7. The number of likely N-dealkylation sites (tertiary alicyclic amines) is 1. The average Bonchev–Trinajstić information content (AvgIpc) is 3.44. The van der Waals surface area contributed by atoms with E-state index in [1.165, 1.54) is 12.0 Å². The molecule has 0 amide bonds. The summed E-state index contributed by atoms with van der Waals surface area (Å²) in [5.41, 5.74) is 10.0. The molecule has 0 radical (unpaired) electrons. The van der Waals surface area contributed by atoms with Crippen molar-refractivity contribution in [1.29, 1.82) is 0 Å². The van der Waals surface area contributed by atoms with Crippen LogP contribution >= 0.6 is 0 Å². The van der Waals surface area contributed by atoms with Crippen molar-refractivity contribution in [2.24, 2.45) is 5.92 Å². The number of hydrogen-bond acceptors (Lipinski definition) is 5. The maximum atomic E-state index is 5.84. The zero-order chi connectivity index (χ0) is 18.9. The molecular formula is C21H23N7. The topological polar surface area (TPSA) is 88.6 Å². The van der Waals surface area contributed by atoms with Gasteiger partial charge < -0.3 is 5.73 Å². The maximum Gasteiger partial charge on any atom is 0.153 e. The summed E-state index contributed by atoms with van der Waals surface area (Å²) >= 11 is 0. The van der Waals surface area contributed by atoms with Gasteiger partial charge in [-0.3, -0.25) is 14.7 Å². The number of anilines is 1. The highest BCUT2D eigenvalue weighted by molar-refractivity contribution is 5.91. The van der Waals surface area contributed by atoms with Crippen LogP contribution in [-0.2, 0) is 13.1 Å². The molecule has 3 N–H and O–H groups in total. The van der Waals surface area contributed by atoms with E-state index in [4.69, 9.17) is 5.73 Å². The summed E-state index contributed by atoms with van der Waals surface area (Å²) in [5.74, 6) is 1.12. The molecule has 142 valence electrons. The molecule has 0 saturated carbocycles. The number of benzene rings is 2. The smallest absolute Gasteiger partial charge is 0.153 e. The fraction of sp³-hybridized carbons (Fsp3) is 0.286. The van der Waals surface area contributed by atoms with E-state index in [0.717, 1.165) is 48.3 Å². The third-order valence-corrected chi connectivity index (χ3v) is 5.49. The van der Waals surface area contributed by atoms with E-state index in [0.29, 0.717) is 11.7 Å². The highest BCUT2D eigenvalue weighted by Gasteiger charge is 2.23. The monoisotopic (exact) mass is 373 g/mol. The molecule has 1 fully saturated rings. The Morgan fingerprint density at radius 1 is 1.14 bits per heavy atom. The molecule has 2 aromatic carbocycles. The van der Waals surface area contributed by atoms with Gasteiger partial charge in [0.15, 0.2) is 5.82 Å². The first-order valence-corrected chi connectivity index (χ1v) is 9.65. The van der Waals surface area contributed by atoms with Gasteiger partial charge in [-0.15, -0.1) is 5.10 Å². The van der Waals surface area contributed by atoms with E-state index in [2.05, 4.69) is 55.7 Å². The molecule has 5 rings (SSSR count). The Balaban J connectivity index is 1.24. The van der Waals surface area contributed by atoms with E-state index in [1.54, 1.807) is 0 Å². The number of nitrogens with two attached hydrogens (primary N) is 1. The number of aromatic nitrogens is 5. The predicted molar refractivity (Wildman–Crippen MR) is 109 cm³/mol. The minimum Gasteiger partial charge on any atom is -0.382 e. The Bertz CT molecular complexity index is 1080. The second-order valence-corrected chi connectivity index (χ2v) is 7.57. The van der Waals surface area contributed by atoms with Gasteiger partial charge in [-0.25, -0.2) is 0 Å². The van der Waals surface area contributed by atoms with Gasteiger partial charge in [-0.2, -0.15) is 5.10 Å². The Morgan fingerprint density at radius 2 is 2.04 bits per heavy atom. The van der Waals surface area contributed by atoms with Crippen LogP contribution in [0.25, 0.3) is 22.2 Å². The van der Waals surface area contributed by atoms with Crippen molar-refractivity contribution < 1.29 is 0 Å². The van der Waals surface area contributed by atoms with Crippen molar-refractivity contribution in [2.45, 2.75) is 19.5 Å². The normalized spacial score (nSPS) is 17.5. The Hall–Kier alpha value is -3.19. The van der Waals surface area contributed by atoms with Gasteiger partial charge in [-0.1, -0.05) is 41.6 Å². The van der Waals surface area contributed by atoms with Gasteiger partial charge in [0, 0.05) is 30.6 Å². The van der Waals surface area contributed by atoms with Crippen LogP contribution in [0.15, 0.2) is 54.7 Å². The summed E-state index contributed by atoms with van der Waals surface area (Å²) in [4.78, 5) is 2.52. The van der Waals surface area contributed by atoms with Crippen molar-refractivity contribution in [1.82, 2.24) is 30.1 Å². The molecular weight excluding hydrogens is 350 g/mol. The average molecular weight is 373 g/mol. The van der Waals surface area contributed by atoms with E-state index in [1.807, 2.05) is 29.1 Å². The summed E-state index contributed by atoms with van der Waals surface area (Å²) < 4.78 is 1.97. The summed E-state index contributed by atoms with van der Waals surface area (Å²) in [7, 11) is 0. The van der Waals surface area contributed by atoms with Gasteiger partial charge in [0.05, 0.1) is 11.7 Å². The van der Waals surface area contributed by atoms with Crippen LogP contribution in [0.3, 0.4) is 0 Å². The lowest BCUT2D eigenvalue weighted by Crippen LogP contribution is -2.21. The Kier molecular flexibility index (Phi) is 4.29. The number of aromatic amines is 1. The van der Waals surface area contributed by atoms with E-state index in [9.17, 15) is 0 Å². The van der Waals surface area contributed by atoms with Crippen LogP contribution < -0.4 is 5.73 Å². The molecule has 1 saturated heterocycles. The highest BCUT2D eigenvalue weighted by atomic mass is 15.4. The predicted octanol–water partition coefficient (Wildman–Crippen LogP) is 2.93. The number of rotatable bonds is 5. The third-order valence-electron chi connectivity index (χ3n) is 5.49. The van der Waals surface area contributed by atoms with Gasteiger partial charge >= 0.3 is 0 Å². The molecule has 7 heteroatoms. The first-order chi connectivity index (χ1) is 13.7. The molecule has 2 aromatic heterocycles. The second kappa shape index (κ2) is 7.09. The van der Waals surface area contributed by atoms with Gasteiger partial charge in [0.25, 0.3) is 0 Å². The Labute approximate surface area is 163 Å². The fourth-order valence-electron chi connectivity index (χ4n) is 4.03. The van der Waals surface area contributed by atoms with E-state index >= 15 is 0 Å². The third kappa shape index (κ3) is 3.36. The summed E-state index contributed by atoms with van der Waals surface area (Å²) in [5, 5.41) is 16.6. The molecule has 1 unspecified atom stereocenters. The first-order valence-electron chi connectivity index (χ1n) is 9.65. The molecule has 3 heterocycles. The number of hydrogen-bond donors (Lipinski definition) is 2. The van der Waals surface area contributed by atoms with Crippen LogP contribution in [-0.4, -0.2) is 43.2 Å². The van der Waals surface area contributed by atoms with Crippen molar-refractivity contribution >= 4 is 16.7 Å².